The molecule has 2 aromatic heterocycles. The minimum absolute atomic E-state index is 0.0407. The predicted molar refractivity (Wildman–Crippen MR) is 126 cm³/mol. The van der Waals surface area contributed by atoms with Gasteiger partial charge in [-0.15, -0.1) is 23.1 Å². The fourth-order valence-electron chi connectivity index (χ4n) is 2.80. The number of hydrogen-bond acceptors (Lipinski definition) is 10. The van der Waals surface area contributed by atoms with Crippen molar-refractivity contribution >= 4 is 46.7 Å². The number of rotatable bonds is 8. The number of nitrogens with two attached hydrogens (primary N) is 1. The predicted octanol–water partition coefficient (Wildman–Crippen LogP) is 4.61. The van der Waals surface area contributed by atoms with E-state index in [0.717, 1.165) is 21.3 Å². The van der Waals surface area contributed by atoms with Crippen LogP contribution in [0.5, 0.6) is 0 Å². The third-order valence-corrected chi connectivity index (χ3v) is 6.14. The molecule has 4 rings (SSSR count). The van der Waals surface area contributed by atoms with Crippen LogP contribution >= 0.6 is 23.1 Å². The summed E-state index contributed by atoms with van der Waals surface area (Å²) >= 11 is 3.15. The first kappa shape index (κ1) is 21.7. The maximum Gasteiger partial charge on any atom is 0.339 e. The molecule has 0 bridgehead atoms. The Bertz CT molecular complexity index is 1220. The van der Waals surface area contributed by atoms with Crippen molar-refractivity contribution < 1.29 is 9.53 Å². The van der Waals surface area contributed by atoms with Gasteiger partial charge < -0.3 is 15.8 Å². The van der Waals surface area contributed by atoms with E-state index in [4.69, 9.17) is 10.5 Å². The van der Waals surface area contributed by atoms with Crippen molar-refractivity contribution in [2.75, 3.05) is 11.1 Å². The van der Waals surface area contributed by atoms with Crippen LogP contribution in [0, 0.1) is 6.92 Å². The van der Waals surface area contributed by atoms with Crippen LogP contribution in [0.4, 0.5) is 17.6 Å². The topological polar surface area (TPSA) is 116 Å². The van der Waals surface area contributed by atoms with E-state index in [1.807, 2.05) is 54.8 Å². The Kier molecular flexibility index (Phi) is 6.93. The molecule has 0 radical (unpaired) electrons. The molecule has 0 spiro atoms. The van der Waals surface area contributed by atoms with Gasteiger partial charge in [0.15, 0.2) is 12.4 Å². The van der Waals surface area contributed by atoms with Crippen molar-refractivity contribution in [3.63, 3.8) is 0 Å². The summed E-state index contributed by atoms with van der Waals surface area (Å²) in [6, 6.07) is 16.8. The minimum atomic E-state index is -0.459. The number of carbonyl (C=O) groups is 1. The summed E-state index contributed by atoms with van der Waals surface area (Å²) in [5, 5.41) is 6.10. The van der Waals surface area contributed by atoms with Gasteiger partial charge in [-0.05, 0) is 31.2 Å². The summed E-state index contributed by atoms with van der Waals surface area (Å²) in [6.45, 7) is 1.85. The van der Waals surface area contributed by atoms with Crippen LogP contribution in [0.15, 0.2) is 64.9 Å². The first-order chi connectivity index (χ1) is 15.6. The highest BCUT2D eigenvalue weighted by atomic mass is 32.2. The lowest BCUT2D eigenvalue weighted by Crippen LogP contribution is -2.11. The van der Waals surface area contributed by atoms with Gasteiger partial charge in [-0.25, -0.2) is 9.78 Å². The number of nitrogens with one attached hydrogen (secondary N) is 1. The molecule has 0 saturated carbocycles. The molecule has 0 atom stereocenters. The van der Waals surface area contributed by atoms with Crippen LogP contribution in [0.1, 0.15) is 26.9 Å². The van der Waals surface area contributed by atoms with Crippen LogP contribution in [0.2, 0.25) is 0 Å². The highest BCUT2D eigenvalue weighted by molar-refractivity contribution is 7.98. The molecule has 2 heterocycles. The van der Waals surface area contributed by atoms with E-state index in [-0.39, 0.29) is 24.3 Å². The molecule has 8 nitrogen and oxygen atoms in total. The molecule has 10 heteroatoms. The van der Waals surface area contributed by atoms with Gasteiger partial charge in [0.25, 0.3) is 0 Å². The van der Waals surface area contributed by atoms with Gasteiger partial charge in [0.1, 0.15) is 0 Å². The van der Waals surface area contributed by atoms with E-state index in [1.54, 1.807) is 35.2 Å². The van der Waals surface area contributed by atoms with E-state index in [1.165, 1.54) is 0 Å². The van der Waals surface area contributed by atoms with Gasteiger partial charge in [-0.1, -0.05) is 30.3 Å². The number of thiazole rings is 1. The first-order valence-corrected chi connectivity index (χ1v) is 11.6. The second-order valence-electron chi connectivity index (χ2n) is 6.64. The zero-order valence-corrected chi connectivity index (χ0v) is 18.8. The number of para-hydroxylation sites is 1. The van der Waals surface area contributed by atoms with Gasteiger partial charge in [0.2, 0.25) is 11.9 Å². The lowest BCUT2D eigenvalue weighted by Gasteiger charge is -2.10. The molecule has 0 aliphatic rings. The van der Waals surface area contributed by atoms with Crippen LogP contribution in [0.25, 0.3) is 0 Å². The summed E-state index contributed by atoms with van der Waals surface area (Å²) in [4.78, 5) is 30.5. The number of aromatic nitrogens is 4. The molecule has 3 N–H and O–H groups in total. The molecule has 0 aliphatic heterocycles. The Hall–Kier alpha value is -3.50. The Morgan fingerprint density at radius 1 is 1.06 bits per heavy atom. The minimum Gasteiger partial charge on any atom is -0.454 e. The number of ether oxygens (including phenoxy) is 1. The van der Waals surface area contributed by atoms with E-state index in [2.05, 4.69) is 25.3 Å². The van der Waals surface area contributed by atoms with Crippen molar-refractivity contribution in [3.8, 4) is 0 Å². The Labute approximate surface area is 193 Å². The van der Waals surface area contributed by atoms with Crippen molar-refractivity contribution in [1.29, 1.82) is 0 Å². The largest absolute Gasteiger partial charge is 0.454 e. The quantitative estimate of drug-likeness (QED) is 0.285. The Morgan fingerprint density at radius 3 is 2.62 bits per heavy atom. The van der Waals surface area contributed by atoms with E-state index < -0.39 is 5.97 Å². The molecule has 0 unspecified atom stereocenters. The number of hydrogen-bond donors (Lipinski definition) is 2. The van der Waals surface area contributed by atoms with Crippen LogP contribution in [0.3, 0.4) is 0 Å². The van der Waals surface area contributed by atoms with E-state index in [9.17, 15) is 4.79 Å². The zero-order valence-electron chi connectivity index (χ0n) is 17.2. The van der Waals surface area contributed by atoms with E-state index >= 15 is 0 Å². The third-order valence-electron chi connectivity index (χ3n) is 4.21. The smallest absolute Gasteiger partial charge is 0.339 e. The highest BCUT2D eigenvalue weighted by Crippen LogP contribution is 2.27. The van der Waals surface area contributed by atoms with Crippen LogP contribution in [-0.2, 0) is 17.1 Å². The third kappa shape index (κ3) is 5.80. The van der Waals surface area contributed by atoms with Gasteiger partial charge in [0, 0.05) is 21.7 Å². The molecular weight excluding hydrogens is 444 g/mol. The summed E-state index contributed by atoms with van der Waals surface area (Å²) in [6.07, 6.45) is 0. The number of carbonyl (C=O) groups excluding carboxylic acids is 1. The number of nitrogen functional groups attached to an aromatic ring is 1. The second kappa shape index (κ2) is 10.2. The average molecular weight is 465 g/mol. The standard InChI is InChI=1S/C22H20N6O2S2/c1-14-24-16(12-31-14)13-32-18-10-6-5-9-17(18)20(29)30-11-19-26-21(23)28-22(27-19)25-15-7-3-2-4-8-15/h2-10,12H,11,13H2,1H3,(H3,23,25,26,27,28). The van der Waals surface area contributed by atoms with Crippen molar-refractivity contribution in [1.82, 2.24) is 19.9 Å². The summed E-state index contributed by atoms with van der Waals surface area (Å²) in [5.41, 5.74) is 8.07. The van der Waals surface area contributed by atoms with Crippen LogP contribution < -0.4 is 11.1 Å². The highest BCUT2D eigenvalue weighted by Gasteiger charge is 2.15. The molecule has 0 fully saturated rings. The number of nitrogens with zero attached hydrogens (tertiary/aromatic N) is 4. The lowest BCUT2D eigenvalue weighted by molar-refractivity contribution is 0.0458. The SMILES string of the molecule is Cc1nc(CSc2ccccc2C(=O)OCc2nc(N)nc(Nc3ccccc3)n2)cs1. The monoisotopic (exact) mass is 464 g/mol. The normalized spacial score (nSPS) is 10.7. The molecule has 0 amide bonds. The number of esters is 1. The molecule has 2 aromatic carbocycles. The zero-order chi connectivity index (χ0) is 22.3. The number of benzene rings is 2. The maximum atomic E-state index is 12.7. The molecule has 4 aromatic rings. The van der Waals surface area contributed by atoms with Gasteiger partial charge >= 0.3 is 5.97 Å². The lowest BCUT2D eigenvalue weighted by atomic mass is 10.2. The fraction of sp³-hybridized carbons (Fsp3) is 0.136. The van der Waals surface area contributed by atoms with Crippen molar-refractivity contribution in [2.24, 2.45) is 0 Å². The van der Waals surface area contributed by atoms with Crippen molar-refractivity contribution in [3.05, 3.63) is 82.1 Å². The van der Waals surface area contributed by atoms with Crippen LogP contribution in [-0.4, -0.2) is 25.9 Å². The molecule has 32 heavy (non-hydrogen) atoms. The van der Waals surface area contributed by atoms with E-state index in [0.29, 0.717) is 11.3 Å². The van der Waals surface area contributed by atoms with Gasteiger partial charge in [-0.3, -0.25) is 0 Å². The first-order valence-electron chi connectivity index (χ1n) is 9.69. The summed E-state index contributed by atoms with van der Waals surface area (Å²) < 4.78 is 5.47. The molecule has 0 saturated heterocycles. The molecular formula is C22H20N6O2S2. The Balaban J connectivity index is 1.41. The maximum absolute atomic E-state index is 12.7. The van der Waals surface area contributed by atoms with Gasteiger partial charge in [0.05, 0.1) is 16.3 Å². The molecule has 162 valence electrons. The number of aryl methyl sites for hydroxylation is 1. The molecule has 0 aliphatic carbocycles. The average Bonchev–Trinajstić information content (AvgIpc) is 3.22. The summed E-state index contributed by atoms with van der Waals surface area (Å²) in [5.74, 6) is 0.794. The number of thioether (sulfide) groups is 1. The van der Waals surface area contributed by atoms with Gasteiger partial charge in [-0.2, -0.15) is 15.0 Å². The Morgan fingerprint density at radius 2 is 1.84 bits per heavy atom. The van der Waals surface area contributed by atoms with Crippen molar-refractivity contribution in [2.45, 2.75) is 24.2 Å². The number of anilines is 3. The second-order valence-corrected chi connectivity index (χ2v) is 8.72. The fourth-order valence-corrected chi connectivity index (χ4v) is 4.46. The summed E-state index contributed by atoms with van der Waals surface area (Å²) in [7, 11) is 0.